The number of rotatable bonds is 2. The van der Waals surface area contributed by atoms with E-state index >= 15 is 0 Å². The average molecular weight is 191 g/mol. The fourth-order valence-corrected chi connectivity index (χ4v) is 1.52. The highest BCUT2D eigenvalue weighted by Gasteiger charge is 2.20. The second kappa shape index (κ2) is 3.57. The smallest absolute Gasteiger partial charge is 0.222 e. The number of carbonyl (C=O) groups is 1. The quantitative estimate of drug-likeness (QED) is 0.599. The van der Waals surface area contributed by atoms with Gasteiger partial charge in [-0.25, -0.2) is 0 Å². The molecule has 0 bridgehead atoms. The summed E-state index contributed by atoms with van der Waals surface area (Å²) < 4.78 is 0. The van der Waals surface area contributed by atoms with Crippen molar-refractivity contribution in [3.8, 4) is 0 Å². The summed E-state index contributed by atoms with van der Waals surface area (Å²) in [5.74, 6) is 0.109. The maximum atomic E-state index is 10.9. The number of nitrogen functional groups attached to an aromatic ring is 1. The van der Waals surface area contributed by atoms with Gasteiger partial charge in [0.15, 0.2) is 0 Å². The molecule has 74 valence electrons. The van der Waals surface area contributed by atoms with Crippen LogP contribution in [0.25, 0.3) is 0 Å². The number of hydrogen-bond donors (Lipinski definition) is 3. The van der Waals surface area contributed by atoms with E-state index in [2.05, 4.69) is 10.6 Å². The maximum Gasteiger partial charge on any atom is 0.222 e. The Labute approximate surface area is 82.5 Å². The lowest BCUT2D eigenvalue weighted by atomic mass is 10.2. The van der Waals surface area contributed by atoms with E-state index in [0.717, 1.165) is 11.4 Å². The van der Waals surface area contributed by atoms with Gasteiger partial charge in [-0.3, -0.25) is 4.79 Å². The summed E-state index contributed by atoms with van der Waals surface area (Å²) in [5, 5.41) is 6.03. The van der Waals surface area contributed by atoms with Crippen LogP contribution in [-0.4, -0.2) is 18.5 Å². The summed E-state index contributed by atoms with van der Waals surface area (Å²) >= 11 is 0. The van der Waals surface area contributed by atoms with Crippen molar-refractivity contribution < 1.29 is 4.79 Å². The minimum absolute atomic E-state index is 0.109. The number of amides is 1. The standard InChI is InChI=1S/C10H13N3O/c11-7-1-3-8(4-2-7)13-9-5-10(14)12-6-9/h1-4,9,13H,5-6,11H2,(H,12,14). The molecular weight excluding hydrogens is 178 g/mol. The van der Waals surface area contributed by atoms with Crippen molar-refractivity contribution in [2.75, 3.05) is 17.6 Å². The zero-order valence-electron chi connectivity index (χ0n) is 7.79. The number of anilines is 2. The summed E-state index contributed by atoms with van der Waals surface area (Å²) in [6.45, 7) is 0.698. The third-order valence-electron chi connectivity index (χ3n) is 2.26. The summed E-state index contributed by atoms with van der Waals surface area (Å²) in [5.41, 5.74) is 7.31. The Hall–Kier alpha value is -1.71. The number of nitrogens with one attached hydrogen (secondary N) is 2. The van der Waals surface area contributed by atoms with E-state index in [9.17, 15) is 4.79 Å². The highest BCUT2D eigenvalue weighted by molar-refractivity contribution is 5.79. The topological polar surface area (TPSA) is 67.2 Å². The molecule has 4 nitrogen and oxygen atoms in total. The molecule has 1 atom stereocenters. The fourth-order valence-electron chi connectivity index (χ4n) is 1.52. The molecular formula is C10H13N3O. The van der Waals surface area contributed by atoms with Gasteiger partial charge in [0.25, 0.3) is 0 Å². The van der Waals surface area contributed by atoms with Crippen molar-refractivity contribution in [2.45, 2.75) is 12.5 Å². The molecule has 1 aromatic rings. The van der Waals surface area contributed by atoms with Crippen LogP contribution in [0.3, 0.4) is 0 Å². The second-order valence-corrected chi connectivity index (χ2v) is 3.47. The maximum absolute atomic E-state index is 10.9. The van der Waals surface area contributed by atoms with Gasteiger partial charge in [0.2, 0.25) is 5.91 Å². The minimum atomic E-state index is 0.109. The molecule has 1 fully saturated rings. The molecule has 4 N–H and O–H groups in total. The van der Waals surface area contributed by atoms with Crippen LogP contribution in [0.4, 0.5) is 11.4 Å². The van der Waals surface area contributed by atoms with Gasteiger partial charge in [0.1, 0.15) is 0 Å². The molecule has 1 aliphatic rings. The lowest BCUT2D eigenvalue weighted by Crippen LogP contribution is -2.22. The van der Waals surface area contributed by atoms with E-state index < -0.39 is 0 Å². The Morgan fingerprint density at radius 1 is 1.36 bits per heavy atom. The van der Waals surface area contributed by atoms with Crippen LogP contribution < -0.4 is 16.4 Å². The van der Waals surface area contributed by atoms with E-state index in [4.69, 9.17) is 5.73 Å². The van der Waals surface area contributed by atoms with Crippen molar-refractivity contribution in [2.24, 2.45) is 0 Å². The van der Waals surface area contributed by atoms with Crippen molar-refractivity contribution in [1.82, 2.24) is 5.32 Å². The molecule has 0 radical (unpaired) electrons. The van der Waals surface area contributed by atoms with Crippen LogP contribution in [0.15, 0.2) is 24.3 Å². The number of nitrogens with two attached hydrogens (primary N) is 1. The first-order valence-electron chi connectivity index (χ1n) is 4.63. The summed E-state index contributed by atoms with van der Waals surface area (Å²) in [4.78, 5) is 10.9. The predicted octanol–water partition coefficient (Wildman–Crippen LogP) is 0.569. The first kappa shape index (κ1) is 8.87. The summed E-state index contributed by atoms with van der Waals surface area (Å²) in [6, 6.07) is 7.71. The fraction of sp³-hybridized carbons (Fsp3) is 0.300. The van der Waals surface area contributed by atoms with Gasteiger partial charge in [-0.05, 0) is 24.3 Å². The van der Waals surface area contributed by atoms with Crippen LogP contribution in [0.2, 0.25) is 0 Å². The summed E-state index contributed by atoms with van der Waals surface area (Å²) in [7, 11) is 0. The van der Waals surface area contributed by atoms with Gasteiger partial charge in [-0.15, -0.1) is 0 Å². The van der Waals surface area contributed by atoms with Gasteiger partial charge >= 0.3 is 0 Å². The lowest BCUT2D eigenvalue weighted by molar-refractivity contribution is -0.119. The highest BCUT2D eigenvalue weighted by Crippen LogP contribution is 2.13. The van der Waals surface area contributed by atoms with Crippen molar-refractivity contribution in [1.29, 1.82) is 0 Å². The van der Waals surface area contributed by atoms with Crippen LogP contribution in [0.1, 0.15) is 6.42 Å². The average Bonchev–Trinajstić information content (AvgIpc) is 2.56. The number of carbonyl (C=O) groups excluding carboxylic acids is 1. The number of hydrogen-bond acceptors (Lipinski definition) is 3. The van der Waals surface area contributed by atoms with Gasteiger partial charge < -0.3 is 16.4 Å². The second-order valence-electron chi connectivity index (χ2n) is 3.47. The molecule has 1 saturated heterocycles. The lowest BCUT2D eigenvalue weighted by Gasteiger charge is -2.11. The van der Waals surface area contributed by atoms with Gasteiger partial charge in [0, 0.05) is 24.3 Å². The van der Waals surface area contributed by atoms with E-state index in [0.29, 0.717) is 13.0 Å². The highest BCUT2D eigenvalue weighted by atomic mass is 16.1. The van der Waals surface area contributed by atoms with E-state index in [-0.39, 0.29) is 11.9 Å². The molecule has 0 aromatic heterocycles. The minimum Gasteiger partial charge on any atom is -0.399 e. The molecule has 0 aliphatic carbocycles. The SMILES string of the molecule is Nc1ccc(NC2CNC(=O)C2)cc1. The zero-order chi connectivity index (χ0) is 9.97. The predicted molar refractivity (Wildman–Crippen MR) is 55.9 cm³/mol. The molecule has 2 rings (SSSR count). The first-order valence-corrected chi connectivity index (χ1v) is 4.63. The molecule has 0 spiro atoms. The van der Waals surface area contributed by atoms with Crippen molar-refractivity contribution >= 4 is 17.3 Å². The van der Waals surface area contributed by atoms with Crippen LogP contribution in [0, 0.1) is 0 Å². The molecule has 14 heavy (non-hydrogen) atoms. The van der Waals surface area contributed by atoms with Crippen LogP contribution in [0.5, 0.6) is 0 Å². The largest absolute Gasteiger partial charge is 0.399 e. The monoisotopic (exact) mass is 191 g/mol. The Bertz CT molecular complexity index is 334. The molecule has 1 heterocycles. The molecule has 1 amide bonds. The van der Waals surface area contributed by atoms with E-state index in [1.807, 2.05) is 24.3 Å². The zero-order valence-corrected chi connectivity index (χ0v) is 7.79. The van der Waals surface area contributed by atoms with E-state index in [1.165, 1.54) is 0 Å². The van der Waals surface area contributed by atoms with Crippen LogP contribution in [-0.2, 0) is 4.79 Å². The number of benzene rings is 1. The Kier molecular flexibility index (Phi) is 2.26. The Balaban J connectivity index is 1.97. The molecule has 1 aromatic carbocycles. The van der Waals surface area contributed by atoms with Gasteiger partial charge in [0.05, 0.1) is 6.04 Å². The van der Waals surface area contributed by atoms with Gasteiger partial charge in [-0.2, -0.15) is 0 Å². The first-order chi connectivity index (χ1) is 6.74. The normalized spacial score (nSPS) is 20.6. The molecule has 0 saturated carbocycles. The van der Waals surface area contributed by atoms with Crippen LogP contribution >= 0.6 is 0 Å². The van der Waals surface area contributed by atoms with E-state index in [1.54, 1.807) is 0 Å². The Morgan fingerprint density at radius 2 is 2.07 bits per heavy atom. The third-order valence-corrected chi connectivity index (χ3v) is 2.26. The molecule has 1 aliphatic heterocycles. The van der Waals surface area contributed by atoms with Crippen molar-refractivity contribution in [3.63, 3.8) is 0 Å². The third kappa shape index (κ3) is 1.96. The van der Waals surface area contributed by atoms with Gasteiger partial charge in [-0.1, -0.05) is 0 Å². The molecule has 1 unspecified atom stereocenters. The Morgan fingerprint density at radius 3 is 2.64 bits per heavy atom. The summed E-state index contributed by atoms with van der Waals surface area (Å²) in [6.07, 6.45) is 0.546. The molecule has 4 heteroatoms. The van der Waals surface area contributed by atoms with Crippen molar-refractivity contribution in [3.05, 3.63) is 24.3 Å².